The molecule has 13 aromatic rings. The Kier molecular flexibility index (Phi) is 8.15. The van der Waals surface area contributed by atoms with Crippen molar-refractivity contribution >= 4 is 65.2 Å². The third-order valence-corrected chi connectivity index (χ3v) is 12.7. The minimum absolute atomic E-state index is 0.620. The van der Waals surface area contributed by atoms with Gasteiger partial charge in [-0.2, -0.15) is 0 Å². The molecule has 0 atom stereocenters. The van der Waals surface area contributed by atoms with Crippen molar-refractivity contribution in [3.05, 3.63) is 224 Å². The molecule has 3 heterocycles. The standard InChI is InChI=1S/C59H37N5/c1-3-14-38(15-4-1)41-22-13-23-46(32-41)59-61-57(39-16-5-2-6-17-39)60-58(62-59)40-26-28-47(29-27-40)63-54-35-44-20-9-8-19-43(44)34-52(54)50-31-30-48(37-56(50)63)64-53-25-12-11-24-49(53)51-33-42-18-7-10-21-45(42)36-55(51)64/h1-37H. The zero-order valence-corrected chi connectivity index (χ0v) is 34.6. The zero-order valence-electron chi connectivity index (χ0n) is 34.6. The molecule has 0 unspecified atom stereocenters. The van der Waals surface area contributed by atoms with Crippen LogP contribution in [-0.2, 0) is 0 Å². The molecule has 0 saturated heterocycles. The van der Waals surface area contributed by atoms with Crippen LogP contribution in [0, 0.1) is 0 Å². The summed E-state index contributed by atoms with van der Waals surface area (Å²) in [4.78, 5) is 15.3. The van der Waals surface area contributed by atoms with Gasteiger partial charge in [0.1, 0.15) is 0 Å². The molecule has 64 heavy (non-hydrogen) atoms. The van der Waals surface area contributed by atoms with E-state index in [1.807, 2.05) is 36.4 Å². The minimum atomic E-state index is 0.620. The summed E-state index contributed by atoms with van der Waals surface area (Å²) in [6.07, 6.45) is 0. The average Bonchev–Trinajstić information content (AvgIpc) is 3.86. The fourth-order valence-corrected chi connectivity index (χ4v) is 9.62. The third-order valence-electron chi connectivity index (χ3n) is 12.7. The summed E-state index contributed by atoms with van der Waals surface area (Å²) in [7, 11) is 0. The van der Waals surface area contributed by atoms with Crippen LogP contribution in [0.3, 0.4) is 0 Å². The second-order valence-corrected chi connectivity index (χ2v) is 16.5. The lowest BCUT2D eigenvalue weighted by Gasteiger charge is -2.13. The number of nitrogens with zero attached hydrogens (tertiary/aromatic N) is 5. The topological polar surface area (TPSA) is 48.5 Å². The first-order chi connectivity index (χ1) is 31.7. The first-order valence-corrected chi connectivity index (χ1v) is 21.7. The highest BCUT2D eigenvalue weighted by atomic mass is 15.0. The van der Waals surface area contributed by atoms with Gasteiger partial charge in [-0.05, 0) is 105 Å². The minimum Gasteiger partial charge on any atom is -0.309 e. The Morgan fingerprint density at radius 1 is 0.234 bits per heavy atom. The van der Waals surface area contributed by atoms with Crippen LogP contribution >= 0.6 is 0 Å². The SMILES string of the molecule is c1ccc(-c2cccc(-c3nc(-c4ccccc4)nc(-c4ccc(-n5c6cc(-n7c8ccccc8c8cc9ccccc9cc87)ccc6c6cc7ccccc7cc65)cc4)n3)c2)cc1. The molecule has 0 aliphatic rings. The Morgan fingerprint density at radius 3 is 1.31 bits per heavy atom. The summed E-state index contributed by atoms with van der Waals surface area (Å²) < 4.78 is 4.84. The third kappa shape index (κ3) is 5.90. The van der Waals surface area contributed by atoms with Crippen LogP contribution in [0.1, 0.15) is 0 Å². The van der Waals surface area contributed by atoms with Crippen LogP contribution in [0.25, 0.3) is 122 Å². The summed E-state index contributed by atoms with van der Waals surface area (Å²) in [5.74, 6) is 1.88. The molecule has 3 aromatic heterocycles. The maximum Gasteiger partial charge on any atom is 0.164 e. The van der Waals surface area contributed by atoms with E-state index in [1.54, 1.807) is 0 Å². The van der Waals surface area contributed by atoms with E-state index in [0.29, 0.717) is 17.5 Å². The van der Waals surface area contributed by atoms with Crippen LogP contribution in [0.15, 0.2) is 224 Å². The molecular formula is C59H37N5. The van der Waals surface area contributed by atoms with Crippen molar-refractivity contribution in [1.29, 1.82) is 0 Å². The molecule has 5 heteroatoms. The molecule has 298 valence electrons. The highest BCUT2D eigenvalue weighted by molar-refractivity contribution is 6.16. The van der Waals surface area contributed by atoms with Crippen molar-refractivity contribution in [2.75, 3.05) is 0 Å². The second-order valence-electron chi connectivity index (χ2n) is 16.5. The predicted octanol–water partition coefficient (Wildman–Crippen LogP) is 15.0. The van der Waals surface area contributed by atoms with Gasteiger partial charge >= 0.3 is 0 Å². The van der Waals surface area contributed by atoms with Gasteiger partial charge in [0.25, 0.3) is 0 Å². The van der Waals surface area contributed by atoms with Gasteiger partial charge < -0.3 is 9.13 Å². The average molecular weight is 816 g/mol. The Morgan fingerprint density at radius 2 is 0.672 bits per heavy atom. The molecule has 10 aromatic carbocycles. The molecule has 5 nitrogen and oxygen atoms in total. The zero-order chi connectivity index (χ0) is 42.1. The van der Waals surface area contributed by atoms with Crippen molar-refractivity contribution in [2.45, 2.75) is 0 Å². The monoisotopic (exact) mass is 815 g/mol. The molecular weight excluding hydrogens is 779 g/mol. The maximum absolute atomic E-state index is 5.14. The van der Waals surface area contributed by atoms with E-state index in [2.05, 4.69) is 197 Å². The molecule has 0 radical (unpaired) electrons. The molecule has 0 fully saturated rings. The van der Waals surface area contributed by atoms with Crippen LogP contribution < -0.4 is 0 Å². The van der Waals surface area contributed by atoms with Gasteiger partial charge in [0, 0.05) is 49.6 Å². The van der Waals surface area contributed by atoms with E-state index < -0.39 is 0 Å². The lowest BCUT2D eigenvalue weighted by atomic mass is 10.0. The summed E-state index contributed by atoms with van der Waals surface area (Å²) in [6.45, 7) is 0. The number of benzene rings is 10. The summed E-state index contributed by atoms with van der Waals surface area (Å²) in [6, 6.07) is 80.0. The lowest BCUT2D eigenvalue weighted by Crippen LogP contribution is -2.01. The van der Waals surface area contributed by atoms with E-state index in [0.717, 1.165) is 50.2 Å². The number of rotatable bonds is 6. The van der Waals surface area contributed by atoms with Gasteiger partial charge in [0.15, 0.2) is 17.5 Å². The summed E-state index contributed by atoms with van der Waals surface area (Å²) in [5, 5.41) is 9.79. The van der Waals surface area contributed by atoms with Crippen molar-refractivity contribution in [3.8, 4) is 56.7 Å². The summed E-state index contributed by atoms with van der Waals surface area (Å²) >= 11 is 0. The van der Waals surface area contributed by atoms with Gasteiger partial charge in [0.05, 0.1) is 22.1 Å². The molecule has 0 N–H and O–H groups in total. The number of fused-ring (bicyclic) bond motifs is 8. The molecule has 13 rings (SSSR count). The van der Waals surface area contributed by atoms with Gasteiger partial charge in [-0.15, -0.1) is 0 Å². The molecule has 0 aliphatic heterocycles. The van der Waals surface area contributed by atoms with Crippen molar-refractivity contribution < 1.29 is 0 Å². The molecule has 0 amide bonds. The molecule has 0 aliphatic carbocycles. The Labute approximate surface area is 368 Å². The molecule has 0 spiro atoms. The van der Waals surface area contributed by atoms with Gasteiger partial charge in [-0.25, -0.2) is 15.0 Å². The van der Waals surface area contributed by atoms with Crippen molar-refractivity contribution in [1.82, 2.24) is 24.1 Å². The van der Waals surface area contributed by atoms with E-state index in [-0.39, 0.29) is 0 Å². The number of para-hydroxylation sites is 1. The van der Waals surface area contributed by atoms with E-state index in [4.69, 9.17) is 15.0 Å². The number of hydrogen-bond acceptors (Lipinski definition) is 3. The highest BCUT2D eigenvalue weighted by Crippen LogP contribution is 2.40. The van der Waals surface area contributed by atoms with E-state index >= 15 is 0 Å². The van der Waals surface area contributed by atoms with Crippen LogP contribution in [0.5, 0.6) is 0 Å². The Hall–Kier alpha value is -8.67. The predicted molar refractivity (Wildman–Crippen MR) is 265 cm³/mol. The van der Waals surface area contributed by atoms with Gasteiger partial charge in [0.2, 0.25) is 0 Å². The van der Waals surface area contributed by atoms with E-state index in [9.17, 15) is 0 Å². The highest BCUT2D eigenvalue weighted by Gasteiger charge is 2.19. The Balaban J connectivity index is 0.990. The van der Waals surface area contributed by atoms with Crippen molar-refractivity contribution in [2.24, 2.45) is 0 Å². The molecule has 0 saturated carbocycles. The first kappa shape index (κ1) is 36.0. The van der Waals surface area contributed by atoms with Gasteiger partial charge in [-0.1, -0.05) is 152 Å². The van der Waals surface area contributed by atoms with Crippen LogP contribution in [0.4, 0.5) is 0 Å². The second kappa shape index (κ2) is 14.5. The normalized spacial score (nSPS) is 11.8. The quantitative estimate of drug-likeness (QED) is 0.168. The lowest BCUT2D eigenvalue weighted by molar-refractivity contribution is 1.07. The van der Waals surface area contributed by atoms with Crippen LogP contribution in [-0.4, -0.2) is 24.1 Å². The van der Waals surface area contributed by atoms with Crippen molar-refractivity contribution in [3.63, 3.8) is 0 Å². The Bertz CT molecular complexity index is 3940. The molecule has 0 bridgehead atoms. The van der Waals surface area contributed by atoms with Gasteiger partial charge in [-0.3, -0.25) is 0 Å². The number of hydrogen-bond donors (Lipinski definition) is 0. The summed E-state index contributed by atoms with van der Waals surface area (Å²) in [5.41, 5.74) is 11.9. The fraction of sp³-hybridized carbons (Fsp3) is 0. The number of aromatic nitrogens is 5. The fourth-order valence-electron chi connectivity index (χ4n) is 9.62. The van der Waals surface area contributed by atoms with E-state index in [1.165, 1.54) is 54.1 Å². The van der Waals surface area contributed by atoms with Crippen LogP contribution in [0.2, 0.25) is 0 Å². The maximum atomic E-state index is 5.14. The smallest absolute Gasteiger partial charge is 0.164 e. The largest absolute Gasteiger partial charge is 0.309 e. The first-order valence-electron chi connectivity index (χ1n) is 21.7.